The molecule has 138 valence electrons. The fourth-order valence-electron chi connectivity index (χ4n) is 2.37. The Morgan fingerprint density at radius 1 is 1.00 bits per heavy atom. The number of alkyl halides is 3. The van der Waals surface area contributed by atoms with E-state index in [1.807, 2.05) is 0 Å². The van der Waals surface area contributed by atoms with Gasteiger partial charge in [-0.1, -0.05) is 12.1 Å². The van der Waals surface area contributed by atoms with Gasteiger partial charge < -0.3 is 10.6 Å². The van der Waals surface area contributed by atoms with Gasteiger partial charge in [-0.15, -0.1) is 0 Å². The van der Waals surface area contributed by atoms with E-state index in [0.29, 0.717) is 16.9 Å². The van der Waals surface area contributed by atoms with Crippen LogP contribution in [-0.2, 0) is 12.7 Å². The lowest BCUT2D eigenvalue weighted by Gasteiger charge is -2.10. The van der Waals surface area contributed by atoms with Crippen LogP contribution in [0.15, 0.2) is 67.1 Å². The summed E-state index contributed by atoms with van der Waals surface area (Å²) in [6.07, 6.45) is 0.295. The molecule has 1 amide bonds. The van der Waals surface area contributed by atoms with Gasteiger partial charge in [-0.05, 0) is 42.0 Å². The van der Waals surface area contributed by atoms with Crippen LogP contribution < -0.4 is 10.6 Å². The van der Waals surface area contributed by atoms with Crippen molar-refractivity contribution in [2.24, 2.45) is 0 Å². The molecule has 1 aromatic carbocycles. The van der Waals surface area contributed by atoms with E-state index in [1.54, 1.807) is 30.6 Å². The number of aromatic nitrogens is 2. The predicted molar refractivity (Wildman–Crippen MR) is 94.4 cm³/mol. The van der Waals surface area contributed by atoms with E-state index in [0.717, 1.165) is 17.8 Å². The van der Waals surface area contributed by atoms with Crippen LogP contribution in [0.4, 0.5) is 24.7 Å². The normalized spacial score (nSPS) is 11.1. The van der Waals surface area contributed by atoms with E-state index in [1.165, 1.54) is 24.4 Å². The van der Waals surface area contributed by atoms with Crippen molar-refractivity contribution in [3.05, 3.63) is 83.8 Å². The summed E-state index contributed by atoms with van der Waals surface area (Å²) < 4.78 is 38.2. The molecule has 27 heavy (non-hydrogen) atoms. The maximum Gasteiger partial charge on any atom is 0.416 e. The number of nitrogens with zero attached hydrogens (tertiary/aromatic N) is 2. The first kappa shape index (κ1) is 18.4. The molecule has 0 atom stereocenters. The Bertz CT molecular complexity index is 929. The van der Waals surface area contributed by atoms with Crippen LogP contribution in [-0.4, -0.2) is 15.9 Å². The topological polar surface area (TPSA) is 66.9 Å². The van der Waals surface area contributed by atoms with Crippen LogP contribution in [0.5, 0.6) is 0 Å². The van der Waals surface area contributed by atoms with E-state index in [4.69, 9.17) is 0 Å². The second-order valence-corrected chi connectivity index (χ2v) is 5.67. The highest BCUT2D eigenvalue weighted by atomic mass is 19.4. The minimum Gasteiger partial charge on any atom is -0.348 e. The summed E-state index contributed by atoms with van der Waals surface area (Å²) in [6, 6.07) is 11.4. The molecule has 3 aromatic rings. The van der Waals surface area contributed by atoms with Gasteiger partial charge in [0.1, 0.15) is 5.82 Å². The third-order valence-corrected chi connectivity index (χ3v) is 3.68. The van der Waals surface area contributed by atoms with Crippen molar-refractivity contribution >= 4 is 17.4 Å². The van der Waals surface area contributed by atoms with Crippen LogP contribution in [0.25, 0.3) is 0 Å². The van der Waals surface area contributed by atoms with E-state index >= 15 is 0 Å². The minimum atomic E-state index is -4.42. The molecule has 2 N–H and O–H groups in total. The number of anilines is 2. The smallest absolute Gasteiger partial charge is 0.348 e. The van der Waals surface area contributed by atoms with Crippen molar-refractivity contribution in [1.29, 1.82) is 0 Å². The molecule has 2 heterocycles. The molecule has 0 unspecified atom stereocenters. The molecule has 3 rings (SSSR count). The third-order valence-electron chi connectivity index (χ3n) is 3.68. The second kappa shape index (κ2) is 7.86. The molecule has 0 bridgehead atoms. The number of carbonyl (C=O) groups excluding carboxylic acids is 1. The van der Waals surface area contributed by atoms with E-state index in [-0.39, 0.29) is 6.54 Å². The minimum absolute atomic E-state index is 0.0157. The standard InChI is InChI=1S/C19H15F3N4O/c20-19(21,22)15-3-1-2-13(10-15)12-25-18(27)14-4-9-24-17(11-14)26-16-5-7-23-8-6-16/h1-11H,12H2,(H,25,27)(H,23,24,26). The van der Waals surface area contributed by atoms with Crippen molar-refractivity contribution in [2.45, 2.75) is 12.7 Å². The maximum atomic E-state index is 12.7. The third kappa shape index (κ3) is 5.04. The van der Waals surface area contributed by atoms with Gasteiger partial charge in [0, 0.05) is 36.4 Å². The molecular weight excluding hydrogens is 357 g/mol. The molecule has 2 aromatic heterocycles. The SMILES string of the molecule is O=C(NCc1cccc(C(F)(F)F)c1)c1ccnc(Nc2ccncc2)c1. The van der Waals surface area contributed by atoms with Crippen LogP contribution >= 0.6 is 0 Å². The van der Waals surface area contributed by atoms with Gasteiger partial charge in [0.2, 0.25) is 0 Å². The van der Waals surface area contributed by atoms with Crippen LogP contribution in [0.2, 0.25) is 0 Å². The molecule has 0 aliphatic carbocycles. The average Bonchev–Trinajstić information content (AvgIpc) is 2.67. The molecule has 0 spiro atoms. The molecule has 0 saturated heterocycles. The average molecular weight is 372 g/mol. The van der Waals surface area contributed by atoms with E-state index < -0.39 is 17.6 Å². The lowest BCUT2D eigenvalue weighted by molar-refractivity contribution is -0.137. The number of amides is 1. The summed E-state index contributed by atoms with van der Waals surface area (Å²) in [4.78, 5) is 20.4. The maximum absolute atomic E-state index is 12.7. The number of carbonyl (C=O) groups is 1. The fraction of sp³-hybridized carbons (Fsp3) is 0.105. The molecule has 8 heteroatoms. The highest BCUT2D eigenvalue weighted by Gasteiger charge is 2.30. The van der Waals surface area contributed by atoms with Gasteiger partial charge in [-0.25, -0.2) is 4.98 Å². The summed E-state index contributed by atoms with van der Waals surface area (Å²) >= 11 is 0. The monoisotopic (exact) mass is 372 g/mol. The summed E-state index contributed by atoms with van der Waals surface area (Å²) in [7, 11) is 0. The molecule has 0 aliphatic heterocycles. The Kier molecular flexibility index (Phi) is 5.35. The zero-order valence-electron chi connectivity index (χ0n) is 14.0. The highest BCUT2D eigenvalue weighted by molar-refractivity contribution is 5.94. The molecule has 0 fully saturated rings. The van der Waals surface area contributed by atoms with Crippen molar-refractivity contribution in [1.82, 2.24) is 15.3 Å². The summed E-state index contributed by atoms with van der Waals surface area (Å²) in [5, 5.41) is 5.65. The van der Waals surface area contributed by atoms with Gasteiger partial charge in [-0.2, -0.15) is 13.2 Å². The zero-order valence-corrected chi connectivity index (χ0v) is 14.0. The first-order chi connectivity index (χ1) is 12.9. The Labute approximate surface area is 153 Å². The number of pyridine rings is 2. The number of halogens is 3. The second-order valence-electron chi connectivity index (χ2n) is 5.67. The predicted octanol–water partition coefficient (Wildman–Crippen LogP) is 4.17. The van der Waals surface area contributed by atoms with Crippen molar-refractivity contribution in [3.63, 3.8) is 0 Å². The lowest BCUT2D eigenvalue weighted by Crippen LogP contribution is -2.23. The van der Waals surface area contributed by atoms with Gasteiger partial charge in [-0.3, -0.25) is 9.78 Å². The van der Waals surface area contributed by atoms with Gasteiger partial charge in [0.15, 0.2) is 0 Å². The summed E-state index contributed by atoms with van der Waals surface area (Å²) in [5.41, 5.74) is 0.719. The number of nitrogens with one attached hydrogen (secondary N) is 2. The molecular formula is C19H15F3N4O. The number of rotatable bonds is 5. The van der Waals surface area contributed by atoms with Crippen LogP contribution in [0.3, 0.4) is 0 Å². The van der Waals surface area contributed by atoms with Crippen LogP contribution in [0, 0.1) is 0 Å². The van der Waals surface area contributed by atoms with Gasteiger partial charge in [0.05, 0.1) is 5.56 Å². The van der Waals surface area contributed by atoms with Crippen molar-refractivity contribution < 1.29 is 18.0 Å². The summed E-state index contributed by atoms with van der Waals surface area (Å²) in [6.45, 7) is -0.0157. The number of benzene rings is 1. The van der Waals surface area contributed by atoms with Gasteiger partial charge in [0.25, 0.3) is 5.91 Å². The molecule has 0 radical (unpaired) electrons. The quantitative estimate of drug-likeness (QED) is 0.706. The Balaban J connectivity index is 1.66. The molecule has 0 aliphatic rings. The molecule has 0 saturated carbocycles. The van der Waals surface area contributed by atoms with E-state index in [9.17, 15) is 18.0 Å². The Morgan fingerprint density at radius 3 is 2.52 bits per heavy atom. The zero-order chi connectivity index (χ0) is 19.3. The summed E-state index contributed by atoms with van der Waals surface area (Å²) in [5.74, 6) is 0.0560. The largest absolute Gasteiger partial charge is 0.416 e. The van der Waals surface area contributed by atoms with Crippen LogP contribution in [0.1, 0.15) is 21.5 Å². The highest BCUT2D eigenvalue weighted by Crippen LogP contribution is 2.29. The Hall–Kier alpha value is -3.42. The van der Waals surface area contributed by atoms with E-state index in [2.05, 4.69) is 20.6 Å². The van der Waals surface area contributed by atoms with Crippen molar-refractivity contribution in [2.75, 3.05) is 5.32 Å². The Morgan fingerprint density at radius 2 is 1.78 bits per heavy atom. The first-order valence-electron chi connectivity index (χ1n) is 7.99. The molecule has 5 nitrogen and oxygen atoms in total. The number of hydrogen-bond donors (Lipinski definition) is 2. The lowest BCUT2D eigenvalue weighted by atomic mass is 10.1. The van der Waals surface area contributed by atoms with Gasteiger partial charge >= 0.3 is 6.18 Å². The number of hydrogen-bond acceptors (Lipinski definition) is 4. The fourth-order valence-corrected chi connectivity index (χ4v) is 2.37. The van der Waals surface area contributed by atoms with Crippen molar-refractivity contribution in [3.8, 4) is 0 Å². The first-order valence-corrected chi connectivity index (χ1v) is 7.99.